The first kappa shape index (κ1) is 16.8. The summed E-state index contributed by atoms with van der Waals surface area (Å²) >= 11 is 5.59. The van der Waals surface area contributed by atoms with Gasteiger partial charge in [0.25, 0.3) is 0 Å². The molecule has 0 aromatic heterocycles. The van der Waals surface area contributed by atoms with Gasteiger partial charge in [0.2, 0.25) is 5.91 Å². The van der Waals surface area contributed by atoms with E-state index in [0.29, 0.717) is 25.5 Å². The van der Waals surface area contributed by atoms with Crippen LogP contribution in [0.1, 0.15) is 29.5 Å². The first-order valence-electron chi connectivity index (χ1n) is 6.97. The van der Waals surface area contributed by atoms with E-state index in [2.05, 4.69) is 26.0 Å². The number of amides is 1. The number of halogens is 1. The molecular formula is C16H24ClNO2. The summed E-state index contributed by atoms with van der Waals surface area (Å²) in [6.07, 6.45) is 1.23. The van der Waals surface area contributed by atoms with E-state index in [9.17, 15) is 4.79 Å². The summed E-state index contributed by atoms with van der Waals surface area (Å²) in [5.74, 6) is 1.58. The summed E-state index contributed by atoms with van der Waals surface area (Å²) < 4.78 is 5.85. The van der Waals surface area contributed by atoms with Crippen LogP contribution in [-0.4, -0.2) is 36.9 Å². The van der Waals surface area contributed by atoms with Crippen LogP contribution < -0.4 is 4.74 Å². The zero-order valence-corrected chi connectivity index (χ0v) is 13.6. The minimum absolute atomic E-state index is 0.118. The Morgan fingerprint density at radius 3 is 2.55 bits per heavy atom. The summed E-state index contributed by atoms with van der Waals surface area (Å²) in [6, 6.07) is 4.16. The monoisotopic (exact) mass is 297 g/mol. The van der Waals surface area contributed by atoms with Gasteiger partial charge in [-0.05, 0) is 43.9 Å². The van der Waals surface area contributed by atoms with Crippen LogP contribution in [0.15, 0.2) is 12.1 Å². The molecule has 0 heterocycles. The van der Waals surface area contributed by atoms with Crippen molar-refractivity contribution in [2.24, 2.45) is 0 Å². The van der Waals surface area contributed by atoms with Crippen LogP contribution in [0.5, 0.6) is 5.75 Å². The number of likely N-dealkylation sites (N-methyl/N-ethyl adjacent to an activating group) is 1. The van der Waals surface area contributed by atoms with E-state index >= 15 is 0 Å². The zero-order chi connectivity index (χ0) is 15.1. The van der Waals surface area contributed by atoms with Gasteiger partial charge in [0.05, 0.1) is 6.54 Å². The largest absolute Gasteiger partial charge is 0.491 e. The van der Waals surface area contributed by atoms with Crippen LogP contribution in [0.25, 0.3) is 0 Å². The van der Waals surface area contributed by atoms with Crippen LogP contribution in [-0.2, 0) is 4.79 Å². The van der Waals surface area contributed by atoms with Crippen molar-refractivity contribution in [1.82, 2.24) is 4.90 Å². The highest BCUT2D eigenvalue weighted by Gasteiger charge is 2.10. The van der Waals surface area contributed by atoms with E-state index in [1.54, 1.807) is 11.9 Å². The summed E-state index contributed by atoms with van der Waals surface area (Å²) in [4.78, 5) is 13.4. The van der Waals surface area contributed by atoms with Crippen LogP contribution in [0.4, 0.5) is 0 Å². The Bertz CT molecular complexity index is 460. The second kappa shape index (κ2) is 8.15. The molecule has 0 saturated carbocycles. The molecule has 20 heavy (non-hydrogen) atoms. The molecule has 0 bridgehead atoms. The molecule has 1 aromatic carbocycles. The lowest BCUT2D eigenvalue weighted by molar-refractivity contribution is -0.130. The van der Waals surface area contributed by atoms with Crippen molar-refractivity contribution in [3.05, 3.63) is 28.8 Å². The number of hydrogen-bond acceptors (Lipinski definition) is 2. The predicted molar refractivity (Wildman–Crippen MR) is 83.7 cm³/mol. The van der Waals surface area contributed by atoms with E-state index in [4.69, 9.17) is 16.3 Å². The van der Waals surface area contributed by atoms with Crippen molar-refractivity contribution in [1.29, 1.82) is 0 Å². The van der Waals surface area contributed by atoms with E-state index in [1.807, 2.05) is 6.92 Å². The molecule has 0 saturated heterocycles. The van der Waals surface area contributed by atoms with Crippen LogP contribution in [0, 0.1) is 20.8 Å². The van der Waals surface area contributed by atoms with Crippen molar-refractivity contribution in [3.8, 4) is 5.75 Å². The van der Waals surface area contributed by atoms with E-state index in [1.165, 1.54) is 11.1 Å². The number of rotatable bonds is 7. The number of ether oxygens (including phenoxy) is 1. The van der Waals surface area contributed by atoms with Crippen LogP contribution >= 0.6 is 11.6 Å². The molecule has 4 heteroatoms. The molecule has 0 unspecified atom stereocenters. The predicted octanol–water partition coefficient (Wildman–Crippen LogP) is 3.47. The SMILES string of the molecule is Cc1ccc(C)c(OCCN(C)C(=O)CCCCl)c1C. The first-order chi connectivity index (χ1) is 9.47. The Morgan fingerprint density at radius 2 is 1.90 bits per heavy atom. The van der Waals surface area contributed by atoms with Crippen molar-refractivity contribution in [2.75, 3.05) is 26.1 Å². The van der Waals surface area contributed by atoms with E-state index < -0.39 is 0 Å². The average Bonchev–Trinajstić information content (AvgIpc) is 2.43. The molecule has 0 aliphatic carbocycles. The fourth-order valence-corrected chi connectivity index (χ4v) is 2.10. The number of benzene rings is 1. The van der Waals surface area contributed by atoms with Crippen molar-refractivity contribution < 1.29 is 9.53 Å². The standard InChI is InChI=1S/C16H24ClNO2/c1-12-7-8-13(2)16(14(12)3)20-11-10-18(4)15(19)6-5-9-17/h7-8H,5-6,9-11H2,1-4H3. The van der Waals surface area contributed by atoms with E-state index in [-0.39, 0.29) is 5.91 Å². The molecule has 1 aromatic rings. The Kier molecular flexibility index (Phi) is 6.86. The molecule has 112 valence electrons. The van der Waals surface area contributed by atoms with Crippen molar-refractivity contribution in [3.63, 3.8) is 0 Å². The second-order valence-corrected chi connectivity index (χ2v) is 5.49. The van der Waals surface area contributed by atoms with Gasteiger partial charge in [-0.1, -0.05) is 12.1 Å². The molecule has 0 spiro atoms. The van der Waals surface area contributed by atoms with E-state index in [0.717, 1.165) is 17.7 Å². The highest BCUT2D eigenvalue weighted by molar-refractivity contribution is 6.17. The van der Waals surface area contributed by atoms with Gasteiger partial charge in [-0.2, -0.15) is 0 Å². The number of nitrogens with zero attached hydrogens (tertiary/aromatic N) is 1. The maximum absolute atomic E-state index is 11.7. The summed E-state index contributed by atoms with van der Waals surface area (Å²) in [5.41, 5.74) is 3.52. The minimum Gasteiger partial charge on any atom is -0.491 e. The lowest BCUT2D eigenvalue weighted by atomic mass is 10.1. The Labute approximate surface area is 126 Å². The highest BCUT2D eigenvalue weighted by Crippen LogP contribution is 2.25. The molecule has 0 fully saturated rings. The maximum atomic E-state index is 11.7. The van der Waals surface area contributed by atoms with Gasteiger partial charge in [0, 0.05) is 19.3 Å². The smallest absolute Gasteiger partial charge is 0.222 e. The molecular weight excluding hydrogens is 274 g/mol. The molecule has 1 rings (SSSR count). The van der Waals surface area contributed by atoms with Crippen molar-refractivity contribution in [2.45, 2.75) is 33.6 Å². The fourth-order valence-electron chi connectivity index (χ4n) is 1.97. The van der Waals surface area contributed by atoms with Gasteiger partial charge in [-0.3, -0.25) is 4.79 Å². The Hall–Kier alpha value is -1.22. The number of carbonyl (C=O) groups is 1. The quantitative estimate of drug-likeness (QED) is 0.721. The van der Waals surface area contributed by atoms with Gasteiger partial charge >= 0.3 is 0 Å². The molecule has 1 amide bonds. The molecule has 3 nitrogen and oxygen atoms in total. The lowest BCUT2D eigenvalue weighted by Crippen LogP contribution is -2.30. The fraction of sp³-hybridized carbons (Fsp3) is 0.562. The first-order valence-corrected chi connectivity index (χ1v) is 7.50. The third kappa shape index (κ3) is 4.71. The van der Waals surface area contributed by atoms with Gasteiger partial charge in [0.15, 0.2) is 0 Å². The van der Waals surface area contributed by atoms with Crippen LogP contribution in [0.3, 0.4) is 0 Å². The number of alkyl halides is 1. The molecule has 0 aliphatic heterocycles. The maximum Gasteiger partial charge on any atom is 0.222 e. The average molecular weight is 298 g/mol. The number of carbonyl (C=O) groups excluding carboxylic acids is 1. The number of aryl methyl sites for hydroxylation is 2. The molecule has 0 radical (unpaired) electrons. The minimum atomic E-state index is 0.118. The highest BCUT2D eigenvalue weighted by atomic mass is 35.5. The Balaban J connectivity index is 2.49. The van der Waals surface area contributed by atoms with Gasteiger partial charge in [-0.15, -0.1) is 11.6 Å². The summed E-state index contributed by atoms with van der Waals surface area (Å²) in [7, 11) is 1.80. The third-order valence-electron chi connectivity index (χ3n) is 3.50. The third-order valence-corrected chi connectivity index (χ3v) is 3.76. The Morgan fingerprint density at radius 1 is 1.25 bits per heavy atom. The van der Waals surface area contributed by atoms with Crippen molar-refractivity contribution >= 4 is 17.5 Å². The lowest BCUT2D eigenvalue weighted by Gasteiger charge is -2.19. The topological polar surface area (TPSA) is 29.5 Å². The normalized spacial score (nSPS) is 10.4. The zero-order valence-electron chi connectivity index (χ0n) is 12.8. The van der Waals surface area contributed by atoms with Gasteiger partial charge in [0.1, 0.15) is 12.4 Å². The summed E-state index contributed by atoms with van der Waals surface area (Å²) in [6.45, 7) is 7.27. The summed E-state index contributed by atoms with van der Waals surface area (Å²) in [5, 5.41) is 0. The van der Waals surface area contributed by atoms with Gasteiger partial charge < -0.3 is 9.64 Å². The second-order valence-electron chi connectivity index (χ2n) is 5.11. The number of hydrogen-bond donors (Lipinski definition) is 0. The molecule has 0 atom stereocenters. The molecule has 0 aliphatic rings. The van der Waals surface area contributed by atoms with Gasteiger partial charge in [-0.25, -0.2) is 0 Å². The van der Waals surface area contributed by atoms with Crippen LogP contribution in [0.2, 0.25) is 0 Å². The molecule has 0 N–H and O–H groups in total.